The summed E-state index contributed by atoms with van der Waals surface area (Å²) in [5, 5.41) is 3.34. The number of benzene rings is 5. The molecule has 0 fully saturated rings. The molecule has 5 heterocycles. The molecular formula is C40H24N6. The van der Waals surface area contributed by atoms with Crippen LogP contribution >= 0.6 is 0 Å². The van der Waals surface area contributed by atoms with Gasteiger partial charge in [-0.15, -0.1) is 0 Å². The number of aromatic nitrogens is 6. The molecule has 0 radical (unpaired) electrons. The Kier molecular flexibility index (Phi) is 5.19. The number of pyridine rings is 2. The highest BCUT2D eigenvalue weighted by molar-refractivity contribution is 6.22. The smallest absolute Gasteiger partial charge is 0.165 e. The quantitative estimate of drug-likeness (QED) is 0.206. The summed E-state index contributed by atoms with van der Waals surface area (Å²) in [5.41, 5.74) is 11.6. The highest BCUT2D eigenvalue weighted by Gasteiger charge is 2.22. The lowest BCUT2D eigenvalue weighted by molar-refractivity contribution is 1.07. The second-order valence-electron chi connectivity index (χ2n) is 11.6. The molecule has 0 bridgehead atoms. The molecule has 0 atom stereocenters. The average Bonchev–Trinajstić information content (AvgIpc) is 3.40. The summed E-state index contributed by atoms with van der Waals surface area (Å²) in [7, 11) is 0. The molecule has 46 heavy (non-hydrogen) atoms. The Hall–Kier alpha value is -6.40. The molecule has 10 rings (SSSR count). The van der Waals surface area contributed by atoms with Gasteiger partial charge in [-0.25, -0.2) is 15.0 Å². The summed E-state index contributed by atoms with van der Waals surface area (Å²) < 4.78 is 4.52. The minimum atomic E-state index is 0.746. The molecule has 0 saturated heterocycles. The van der Waals surface area contributed by atoms with E-state index in [2.05, 4.69) is 100.0 Å². The Bertz CT molecular complexity index is 2800. The van der Waals surface area contributed by atoms with Crippen LogP contribution < -0.4 is 0 Å². The van der Waals surface area contributed by atoms with Crippen molar-refractivity contribution in [3.8, 4) is 28.2 Å². The molecule has 6 heteroatoms. The van der Waals surface area contributed by atoms with Gasteiger partial charge in [-0.3, -0.25) is 14.0 Å². The minimum absolute atomic E-state index is 0.746. The zero-order valence-electron chi connectivity index (χ0n) is 24.5. The second kappa shape index (κ2) is 9.55. The molecule has 5 aromatic carbocycles. The summed E-state index contributed by atoms with van der Waals surface area (Å²) in [6.07, 6.45) is 3.72. The predicted molar refractivity (Wildman–Crippen MR) is 186 cm³/mol. The largest absolute Gasteiger partial charge is 0.290 e. The number of nitrogens with zero attached hydrogens (tertiary/aromatic N) is 6. The Morgan fingerprint density at radius 1 is 0.500 bits per heavy atom. The minimum Gasteiger partial charge on any atom is -0.290 e. The monoisotopic (exact) mass is 588 g/mol. The molecular weight excluding hydrogens is 564 g/mol. The first kappa shape index (κ1) is 25.0. The van der Waals surface area contributed by atoms with Crippen LogP contribution in [0.15, 0.2) is 146 Å². The van der Waals surface area contributed by atoms with E-state index < -0.39 is 0 Å². The van der Waals surface area contributed by atoms with Gasteiger partial charge in [0.2, 0.25) is 0 Å². The normalized spacial score (nSPS) is 11.9. The maximum atomic E-state index is 5.39. The van der Waals surface area contributed by atoms with E-state index in [1.165, 1.54) is 0 Å². The van der Waals surface area contributed by atoms with Crippen molar-refractivity contribution in [3.63, 3.8) is 0 Å². The van der Waals surface area contributed by atoms with E-state index in [0.717, 1.165) is 88.6 Å². The Morgan fingerprint density at radius 2 is 1.22 bits per heavy atom. The van der Waals surface area contributed by atoms with Gasteiger partial charge in [0.05, 0.1) is 38.6 Å². The number of hydrogen-bond donors (Lipinski definition) is 0. The lowest BCUT2D eigenvalue weighted by atomic mass is 10.0. The van der Waals surface area contributed by atoms with Gasteiger partial charge in [0.1, 0.15) is 5.69 Å². The van der Waals surface area contributed by atoms with E-state index in [1.807, 2.05) is 54.9 Å². The van der Waals surface area contributed by atoms with Crippen molar-refractivity contribution in [2.45, 2.75) is 0 Å². The predicted octanol–water partition coefficient (Wildman–Crippen LogP) is 9.41. The number of rotatable bonds is 3. The zero-order chi connectivity index (χ0) is 30.2. The molecule has 6 nitrogen and oxygen atoms in total. The van der Waals surface area contributed by atoms with E-state index in [0.29, 0.717) is 0 Å². The van der Waals surface area contributed by atoms with Gasteiger partial charge in [0, 0.05) is 28.7 Å². The van der Waals surface area contributed by atoms with Gasteiger partial charge in [0.25, 0.3) is 0 Å². The Morgan fingerprint density at radius 3 is 2.11 bits per heavy atom. The fourth-order valence-corrected chi connectivity index (χ4v) is 6.99. The number of para-hydroxylation sites is 2. The van der Waals surface area contributed by atoms with E-state index in [9.17, 15) is 0 Å². The molecule has 0 saturated carbocycles. The van der Waals surface area contributed by atoms with Gasteiger partial charge in [-0.1, -0.05) is 78.9 Å². The average molecular weight is 589 g/mol. The van der Waals surface area contributed by atoms with E-state index in [-0.39, 0.29) is 0 Å². The van der Waals surface area contributed by atoms with Crippen LogP contribution in [0.3, 0.4) is 0 Å². The van der Waals surface area contributed by atoms with Crippen molar-refractivity contribution in [2.75, 3.05) is 0 Å². The van der Waals surface area contributed by atoms with E-state index in [4.69, 9.17) is 19.9 Å². The Balaban J connectivity index is 1.42. The molecule has 0 spiro atoms. The summed E-state index contributed by atoms with van der Waals surface area (Å²) in [6, 6.07) is 46.2. The molecule has 0 unspecified atom stereocenters. The van der Waals surface area contributed by atoms with Crippen LogP contribution in [0.5, 0.6) is 0 Å². The molecule has 0 aliphatic carbocycles. The first-order chi connectivity index (χ1) is 22.8. The van der Waals surface area contributed by atoms with Crippen molar-refractivity contribution in [2.24, 2.45) is 0 Å². The maximum absolute atomic E-state index is 5.39. The van der Waals surface area contributed by atoms with Crippen molar-refractivity contribution in [3.05, 3.63) is 146 Å². The maximum Gasteiger partial charge on any atom is 0.165 e. The zero-order valence-corrected chi connectivity index (χ0v) is 24.5. The highest BCUT2D eigenvalue weighted by Crippen LogP contribution is 2.40. The van der Waals surface area contributed by atoms with Crippen LogP contribution in [0.25, 0.3) is 88.6 Å². The van der Waals surface area contributed by atoms with Crippen LogP contribution in [-0.4, -0.2) is 28.9 Å². The van der Waals surface area contributed by atoms with Crippen molar-refractivity contribution in [1.82, 2.24) is 28.9 Å². The lowest BCUT2D eigenvalue weighted by Crippen LogP contribution is -2.06. The molecule has 0 N–H and O–H groups in total. The highest BCUT2D eigenvalue weighted by atomic mass is 15.1. The molecule has 0 aliphatic heterocycles. The van der Waals surface area contributed by atoms with Crippen molar-refractivity contribution < 1.29 is 0 Å². The first-order valence-corrected chi connectivity index (χ1v) is 15.3. The summed E-state index contributed by atoms with van der Waals surface area (Å²) in [5.74, 6) is 0.746. The van der Waals surface area contributed by atoms with Crippen LogP contribution in [0, 0.1) is 0 Å². The van der Waals surface area contributed by atoms with Gasteiger partial charge in [-0.05, 0) is 71.1 Å². The van der Waals surface area contributed by atoms with Crippen LogP contribution in [0.1, 0.15) is 0 Å². The fourth-order valence-electron chi connectivity index (χ4n) is 6.99. The third-order valence-corrected chi connectivity index (χ3v) is 8.97. The third-order valence-electron chi connectivity index (χ3n) is 8.97. The van der Waals surface area contributed by atoms with Crippen LogP contribution in [0.4, 0.5) is 0 Å². The van der Waals surface area contributed by atoms with Gasteiger partial charge >= 0.3 is 0 Å². The molecule has 0 aliphatic rings. The summed E-state index contributed by atoms with van der Waals surface area (Å²) in [6.45, 7) is 0. The van der Waals surface area contributed by atoms with E-state index in [1.54, 1.807) is 0 Å². The van der Waals surface area contributed by atoms with Gasteiger partial charge in [-0.2, -0.15) is 0 Å². The van der Waals surface area contributed by atoms with Crippen molar-refractivity contribution in [1.29, 1.82) is 0 Å². The fraction of sp³-hybridized carbons (Fsp3) is 0. The SMILES string of the molecule is c1ccc(-c2cccc(-c3nc4ccccc4nc3-n3c4cccc5ccc6c7ncccc7n(c7ncccc73)c6c54)c2)cc1. The number of fused-ring (bicyclic) bond motifs is 6. The molecule has 10 aromatic rings. The van der Waals surface area contributed by atoms with Crippen LogP contribution in [0.2, 0.25) is 0 Å². The van der Waals surface area contributed by atoms with Crippen LogP contribution in [-0.2, 0) is 0 Å². The van der Waals surface area contributed by atoms with Crippen molar-refractivity contribution >= 4 is 60.4 Å². The molecule has 0 amide bonds. The summed E-state index contributed by atoms with van der Waals surface area (Å²) >= 11 is 0. The molecule has 5 aromatic heterocycles. The molecule has 214 valence electrons. The van der Waals surface area contributed by atoms with E-state index >= 15 is 0 Å². The first-order valence-electron chi connectivity index (χ1n) is 15.3. The Labute approximate surface area is 262 Å². The second-order valence-corrected chi connectivity index (χ2v) is 11.6. The van der Waals surface area contributed by atoms with Gasteiger partial charge in [0.15, 0.2) is 11.5 Å². The summed E-state index contributed by atoms with van der Waals surface area (Å²) in [4.78, 5) is 20.6. The lowest BCUT2D eigenvalue weighted by Gasteiger charge is -2.16. The topological polar surface area (TPSA) is 60.9 Å². The van der Waals surface area contributed by atoms with Gasteiger partial charge < -0.3 is 0 Å². The third kappa shape index (κ3) is 3.52. The standard InChI is InChI=1S/C40H24N6/c1-2-10-25(11-3-1)27-13-6-14-28(24-27)36-40(44-31-16-5-4-15-30(31)43-36)45-32-17-7-12-26-20-21-29-37-33(18-8-22-41-37)46(38(29)35(26)32)39-34(45)19-9-23-42-39/h1-24H. The number of hydrogen-bond acceptors (Lipinski definition) is 4.